The molecule has 2 aliphatic heterocycles. The maximum atomic E-state index is 13.6. The van der Waals surface area contributed by atoms with Crippen molar-refractivity contribution in [2.24, 2.45) is 0 Å². The number of carbonyl (C=O) groups excluding carboxylic acids is 2. The molecular formula is C27H30ClNO5. The molecule has 6 nitrogen and oxygen atoms in total. The minimum atomic E-state index is -0.803. The lowest BCUT2D eigenvalue weighted by molar-refractivity contribution is -0.117. The number of halogens is 1. The predicted octanol–water partition coefficient (Wildman–Crippen LogP) is 5.70. The standard InChI is InChI=1S/C27H30ClNO5/c1-4-17-9-12-21(18-7-10-19(28)11-8-18)20(5-2)22(17)23-24(34-26(31)33-6-3)27(29-25(23)30)13-15-32-16-14-27/h7-12H,4-6,13-16H2,1-3H3,(H,29,30). The second-order valence-corrected chi connectivity index (χ2v) is 8.91. The molecule has 0 radical (unpaired) electrons. The van der Waals surface area contributed by atoms with Crippen molar-refractivity contribution >= 4 is 29.2 Å². The van der Waals surface area contributed by atoms with Crippen molar-refractivity contribution in [2.45, 2.75) is 52.0 Å². The van der Waals surface area contributed by atoms with Gasteiger partial charge in [-0.05, 0) is 59.7 Å². The first-order valence-electron chi connectivity index (χ1n) is 11.8. The van der Waals surface area contributed by atoms with Crippen LogP contribution in [0, 0.1) is 0 Å². The van der Waals surface area contributed by atoms with E-state index in [1.165, 1.54) is 0 Å². The van der Waals surface area contributed by atoms with E-state index in [0.717, 1.165) is 34.2 Å². The number of nitrogens with one attached hydrogen (secondary N) is 1. The van der Waals surface area contributed by atoms with E-state index < -0.39 is 11.7 Å². The Bertz CT molecular complexity index is 1120. The lowest BCUT2D eigenvalue weighted by Gasteiger charge is -2.34. The molecule has 34 heavy (non-hydrogen) atoms. The second-order valence-electron chi connectivity index (χ2n) is 8.48. The van der Waals surface area contributed by atoms with Crippen LogP contribution in [0.2, 0.25) is 5.02 Å². The molecule has 180 valence electrons. The van der Waals surface area contributed by atoms with Crippen molar-refractivity contribution < 1.29 is 23.8 Å². The minimum Gasteiger partial charge on any atom is -0.434 e. The van der Waals surface area contributed by atoms with E-state index in [2.05, 4.69) is 31.3 Å². The van der Waals surface area contributed by atoms with Gasteiger partial charge in [-0.1, -0.05) is 49.7 Å². The number of carbonyl (C=O) groups is 2. The molecule has 4 rings (SSSR count). The van der Waals surface area contributed by atoms with Crippen LogP contribution in [-0.4, -0.2) is 37.4 Å². The Kier molecular flexibility index (Phi) is 7.29. The number of hydrogen-bond acceptors (Lipinski definition) is 5. The summed E-state index contributed by atoms with van der Waals surface area (Å²) in [6.45, 7) is 6.97. The van der Waals surface area contributed by atoms with Gasteiger partial charge in [0.2, 0.25) is 0 Å². The number of benzene rings is 2. The van der Waals surface area contributed by atoms with Crippen molar-refractivity contribution in [1.29, 1.82) is 0 Å². The number of aryl methyl sites for hydroxylation is 1. The van der Waals surface area contributed by atoms with Gasteiger partial charge in [0.05, 0.1) is 12.2 Å². The van der Waals surface area contributed by atoms with Gasteiger partial charge in [0.15, 0.2) is 5.76 Å². The zero-order valence-electron chi connectivity index (χ0n) is 19.8. The van der Waals surface area contributed by atoms with Crippen LogP contribution in [0.5, 0.6) is 0 Å². The van der Waals surface area contributed by atoms with E-state index in [1.54, 1.807) is 6.92 Å². The average molecular weight is 484 g/mol. The van der Waals surface area contributed by atoms with Crippen LogP contribution in [0.15, 0.2) is 42.2 Å². The third kappa shape index (κ3) is 4.44. The van der Waals surface area contributed by atoms with Gasteiger partial charge in [0, 0.05) is 31.1 Å². The summed E-state index contributed by atoms with van der Waals surface area (Å²) in [5.41, 5.74) is 4.55. The lowest BCUT2D eigenvalue weighted by Crippen LogP contribution is -2.49. The highest BCUT2D eigenvalue weighted by atomic mass is 35.5. The molecule has 1 amide bonds. The Balaban J connectivity index is 1.97. The Labute approximate surface area is 205 Å². The smallest absolute Gasteiger partial charge is 0.434 e. The topological polar surface area (TPSA) is 73.9 Å². The summed E-state index contributed by atoms with van der Waals surface area (Å²) in [7, 11) is 0. The largest absolute Gasteiger partial charge is 0.513 e. The first-order chi connectivity index (χ1) is 16.4. The average Bonchev–Trinajstić information content (AvgIpc) is 3.08. The molecule has 0 unspecified atom stereocenters. The molecule has 2 aromatic carbocycles. The molecule has 2 aromatic rings. The number of ether oxygens (including phenoxy) is 3. The molecule has 2 heterocycles. The Morgan fingerprint density at radius 2 is 1.76 bits per heavy atom. The monoisotopic (exact) mass is 483 g/mol. The van der Waals surface area contributed by atoms with Gasteiger partial charge in [-0.15, -0.1) is 0 Å². The van der Waals surface area contributed by atoms with Crippen LogP contribution in [-0.2, 0) is 31.8 Å². The molecule has 0 atom stereocenters. The first kappa shape index (κ1) is 24.3. The van der Waals surface area contributed by atoms with Crippen LogP contribution in [0.1, 0.15) is 50.3 Å². The van der Waals surface area contributed by atoms with Crippen LogP contribution < -0.4 is 5.32 Å². The fourth-order valence-corrected chi connectivity index (χ4v) is 5.05. The van der Waals surface area contributed by atoms with E-state index in [0.29, 0.717) is 48.8 Å². The molecule has 0 aliphatic carbocycles. The van der Waals surface area contributed by atoms with Crippen molar-refractivity contribution in [3.05, 3.63) is 63.9 Å². The first-order valence-corrected chi connectivity index (χ1v) is 12.2. The van der Waals surface area contributed by atoms with E-state index >= 15 is 0 Å². The van der Waals surface area contributed by atoms with Gasteiger partial charge in [0.25, 0.3) is 5.91 Å². The van der Waals surface area contributed by atoms with E-state index in [9.17, 15) is 9.59 Å². The van der Waals surface area contributed by atoms with Gasteiger partial charge in [-0.2, -0.15) is 0 Å². The molecule has 7 heteroatoms. The second kappa shape index (κ2) is 10.2. The minimum absolute atomic E-state index is 0.186. The van der Waals surface area contributed by atoms with E-state index in [4.69, 9.17) is 25.8 Å². The van der Waals surface area contributed by atoms with Crippen LogP contribution in [0.3, 0.4) is 0 Å². The molecule has 0 aromatic heterocycles. The maximum absolute atomic E-state index is 13.6. The molecule has 0 bridgehead atoms. The van der Waals surface area contributed by atoms with Gasteiger partial charge in [0.1, 0.15) is 5.54 Å². The Morgan fingerprint density at radius 3 is 2.38 bits per heavy atom. The summed E-state index contributed by atoms with van der Waals surface area (Å²) in [5.74, 6) is 0.107. The number of hydrogen-bond donors (Lipinski definition) is 1. The van der Waals surface area contributed by atoms with Gasteiger partial charge >= 0.3 is 6.16 Å². The van der Waals surface area contributed by atoms with Crippen LogP contribution in [0.25, 0.3) is 16.7 Å². The molecule has 2 aliphatic rings. The third-order valence-corrected chi connectivity index (χ3v) is 6.83. The molecule has 1 fully saturated rings. The summed E-state index contributed by atoms with van der Waals surface area (Å²) in [6, 6.07) is 11.8. The summed E-state index contributed by atoms with van der Waals surface area (Å²) >= 11 is 6.12. The lowest BCUT2D eigenvalue weighted by atomic mass is 9.83. The molecule has 1 spiro atoms. The van der Waals surface area contributed by atoms with Gasteiger partial charge < -0.3 is 19.5 Å². The fourth-order valence-electron chi connectivity index (χ4n) is 4.93. The summed E-state index contributed by atoms with van der Waals surface area (Å²) in [6.07, 6.45) is 1.67. The van der Waals surface area contributed by atoms with Crippen molar-refractivity contribution in [1.82, 2.24) is 5.32 Å². The molecule has 0 saturated carbocycles. The highest BCUT2D eigenvalue weighted by Gasteiger charge is 2.50. The van der Waals surface area contributed by atoms with Gasteiger partial charge in [-0.3, -0.25) is 4.79 Å². The van der Waals surface area contributed by atoms with E-state index in [1.807, 2.05) is 24.3 Å². The highest BCUT2D eigenvalue weighted by Crippen LogP contribution is 2.44. The van der Waals surface area contributed by atoms with Gasteiger partial charge in [-0.25, -0.2) is 4.79 Å². The normalized spacial score (nSPS) is 17.1. The zero-order valence-corrected chi connectivity index (χ0v) is 20.6. The molecule has 1 N–H and O–H groups in total. The van der Waals surface area contributed by atoms with Crippen molar-refractivity contribution in [3.63, 3.8) is 0 Å². The summed E-state index contributed by atoms with van der Waals surface area (Å²) < 4.78 is 16.5. The zero-order chi connectivity index (χ0) is 24.3. The van der Waals surface area contributed by atoms with Crippen LogP contribution in [0.4, 0.5) is 4.79 Å². The Hall–Kier alpha value is -2.83. The number of amides is 1. The fraction of sp³-hybridized carbons (Fsp3) is 0.407. The summed E-state index contributed by atoms with van der Waals surface area (Å²) in [4.78, 5) is 26.0. The number of rotatable bonds is 6. The van der Waals surface area contributed by atoms with Crippen molar-refractivity contribution in [3.8, 4) is 11.1 Å². The third-order valence-electron chi connectivity index (χ3n) is 6.57. The van der Waals surface area contributed by atoms with Crippen molar-refractivity contribution in [2.75, 3.05) is 19.8 Å². The predicted molar refractivity (Wildman–Crippen MR) is 132 cm³/mol. The Morgan fingerprint density at radius 1 is 1.06 bits per heavy atom. The summed E-state index contributed by atoms with van der Waals surface area (Å²) in [5, 5.41) is 3.81. The quantitative estimate of drug-likeness (QED) is 0.534. The SMILES string of the molecule is CCOC(=O)OC1=C(c2c(CC)ccc(-c3ccc(Cl)cc3)c2CC)C(=O)NC12CCOCC2. The van der Waals surface area contributed by atoms with Crippen LogP contribution >= 0.6 is 11.6 Å². The molecular weight excluding hydrogens is 454 g/mol. The maximum Gasteiger partial charge on any atom is 0.513 e. The molecule has 1 saturated heterocycles. The van der Waals surface area contributed by atoms with E-state index in [-0.39, 0.29) is 12.5 Å². The highest BCUT2D eigenvalue weighted by molar-refractivity contribution is 6.30.